The fourth-order valence-corrected chi connectivity index (χ4v) is 1.95. The van der Waals surface area contributed by atoms with Gasteiger partial charge in [-0.3, -0.25) is 0 Å². The van der Waals surface area contributed by atoms with E-state index in [-0.39, 0.29) is 0 Å². The molecule has 1 heterocycles. The molecule has 0 aromatic rings. The summed E-state index contributed by atoms with van der Waals surface area (Å²) in [4.78, 5) is 5.18. The SMILES string of the molecule is CC1CCCN(CCN=[N+]=[N-])C1C. The largest absolute Gasteiger partial charge is 0.300 e. The number of piperidine rings is 1. The maximum Gasteiger partial charge on any atom is 0.0385 e. The summed E-state index contributed by atoms with van der Waals surface area (Å²) in [5, 5.41) is 3.56. The highest BCUT2D eigenvalue weighted by Crippen LogP contribution is 2.22. The van der Waals surface area contributed by atoms with Crippen molar-refractivity contribution in [2.45, 2.75) is 32.7 Å². The molecular formula is C9H18N4. The van der Waals surface area contributed by atoms with Gasteiger partial charge >= 0.3 is 0 Å². The summed E-state index contributed by atoms with van der Waals surface area (Å²) >= 11 is 0. The molecule has 1 saturated heterocycles. The molecule has 13 heavy (non-hydrogen) atoms. The predicted octanol–water partition coefficient (Wildman–Crippen LogP) is 2.42. The van der Waals surface area contributed by atoms with E-state index in [0.717, 1.165) is 19.0 Å². The van der Waals surface area contributed by atoms with Gasteiger partial charge in [-0.1, -0.05) is 12.0 Å². The van der Waals surface area contributed by atoms with Crippen molar-refractivity contribution in [3.63, 3.8) is 0 Å². The van der Waals surface area contributed by atoms with Gasteiger partial charge in [0.1, 0.15) is 0 Å². The van der Waals surface area contributed by atoms with Crippen LogP contribution in [0.3, 0.4) is 0 Å². The summed E-state index contributed by atoms with van der Waals surface area (Å²) < 4.78 is 0. The van der Waals surface area contributed by atoms with Crippen LogP contribution in [0.2, 0.25) is 0 Å². The van der Waals surface area contributed by atoms with Crippen LogP contribution in [0.5, 0.6) is 0 Å². The molecule has 1 fully saturated rings. The van der Waals surface area contributed by atoms with Gasteiger partial charge in [-0.2, -0.15) is 0 Å². The maximum atomic E-state index is 8.15. The molecule has 0 aromatic heterocycles. The van der Waals surface area contributed by atoms with Crippen LogP contribution >= 0.6 is 0 Å². The lowest BCUT2D eigenvalue weighted by Gasteiger charge is -2.37. The number of rotatable bonds is 3. The number of likely N-dealkylation sites (tertiary alicyclic amines) is 1. The zero-order valence-corrected chi connectivity index (χ0v) is 8.48. The first kappa shape index (κ1) is 10.4. The summed E-state index contributed by atoms with van der Waals surface area (Å²) in [5.41, 5.74) is 8.15. The molecule has 74 valence electrons. The van der Waals surface area contributed by atoms with Crippen molar-refractivity contribution in [3.05, 3.63) is 10.4 Å². The molecule has 1 aliphatic heterocycles. The second-order valence-electron chi connectivity index (χ2n) is 3.85. The monoisotopic (exact) mass is 182 g/mol. The first-order valence-corrected chi connectivity index (χ1v) is 5.00. The van der Waals surface area contributed by atoms with Gasteiger partial charge in [0.2, 0.25) is 0 Å². The van der Waals surface area contributed by atoms with Crippen molar-refractivity contribution in [1.82, 2.24) is 4.90 Å². The Kier molecular flexibility index (Phi) is 4.06. The van der Waals surface area contributed by atoms with Gasteiger partial charge in [0.25, 0.3) is 0 Å². The van der Waals surface area contributed by atoms with Crippen LogP contribution in [-0.2, 0) is 0 Å². The number of nitrogens with zero attached hydrogens (tertiary/aromatic N) is 4. The van der Waals surface area contributed by atoms with Gasteiger partial charge in [0.15, 0.2) is 0 Å². The Bertz CT molecular complexity index is 198. The summed E-state index contributed by atoms with van der Waals surface area (Å²) in [6, 6.07) is 0.641. The molecule has 0 amide bonds. The molecule has 4 nitrogen and oxygen atoms in total. The third-order valence-corrected chi connectivity index (χ3v) is 3.05. The first-order valence-electron chi connectivity index (χ1n) is 5.00. The first-order chi connectivity index (χ1) is 6.25. The van der Waals surface area contributed by atoms with Gasteiger partial charge < -0.3 is 4.90 Å². The van der Waals surface area contributed by atoms with Crippen LogP contribution in [0.1, 0.15) is 26.7 Å². The molecule has 0 aliphatic carbocycles. The van der Waals surface area contributed by atoms with Gasteiger partial charge in [-0.25, -0.2) is 0 Å². The van der Waals surface area contributed by atoms with Crippen molar-refractivity contribution < 1.29 is 0 Å². The fraction of sp³-hybridized carbons (Fsp3) is 1.00. The highest BCUT2D eigenvalue weighted by atomic mass is 15.2. The standard InChI is InChI=1S/C9H18N4/c1-8-4-3-6-13(9(8)2)7-5-11-12-10/h8-9H,3-7H2,1-2H3. The normalized spacial score (nSPS) is 29.7. The zero-order chi connectivity index (χ0) is 9.68. The molecule has 1 rings (SSSR count). The van der Waals surface area contributed by atoms with Crippen molar-refractivity contribution in [2.24, 2.45) is 11.0 Å². The molecule has 1 aliphatic rings. The van der Waals surface area contributed by atoms with E-state index in [1.165, 1.54) is 12.8 Å². The summed E-state index contributed by atoms with van der Waals surface area (Å²) in [6.07, 6.45) is 2.61. The molecule has 0 aromatic carbocycles. The minimum atomic E-state index is 0.605. The number of hydrogen-bond acceptors (Lipinski definition) is 2. The van der Waals surface area contributed by atoms with E-state index in [9.17, 15) is 0 Å². The van der Waals surface area contributed by atoms with E-state index in [4.69, 9.17) is 5.53 Å². The summed E-state index contributed by atoms with van der Waals surface area (Å²) in [6.45, 7) is 7.24. The van der Waals surface area contributed by atoms with Crippen LogP contribution in [0, 0.1) is 5.92 Å². The van der Waals surface area contributed by atoms with E-state index >= 15 is 0 Å². The fourth-order valence-electron chi connectivity index (χ4n) is 1.95. The van der Waals surface area contributed by atoms with Crippen molar-refractivity contribution in [2.75, 3.05) is 19.6 Å². The second kappa shape index (κ2) is 5.10. The van der Waals surface area contributed by atoms with Crippen LogP contribution in [-0.4, -0.2) is 30.6 Å². The highest BCUT2D eigenvalue weighted by Gasteiger charge is 2.23. The summed E-state index contributed by atoms with van der Waals surface area (Å²) in [7, 11) is 0. The smallest absolute Gasteiger partial charge is 0.0385 e. The van der Waals surface area contributed by atoms with Crippen LogP contribution in [0.25, 0.3) is 10.4 Å². The Morgan fingerprint density at radius 3 is 3.00 bits per heavy atom. The summed E-state index contributed by atoms with van der Waals surface area (Å²) in [5.74, 6) is 0.778. The molecule has 4 heteroatoms. The van der Waals surface area contributed by atoms with Crippen LogP contribution < -0.4 is 0 Å². The Hall–Kier alpha value is -0.730. The molecular weight excluding hydrogens is 164 g/mol. The zero-order valence-electron chi connectivity index (χ0n) is 8.48. The minimum Gasteiger partial charge on any atom is -0.300 e. The second-order valence-corrected chi connectivity index (χ2v) is 3.85. The lowest BCUT2D eigenvalue weighted by atomic mass is 9.92. The Morgan fingerprint density at radius 1 is 1.54 bits per heavy atom. The molecule has 2 atom stereocenters. The van der Waals surface area contributed by atoms with Gasteiger partial charge in [0, 0.05) is 24.0 Å². The minimum absolute atomic E-state index is 0.605. The molecule has 2 unspecified atom stereocenters. The third kappa shape index (κ3) is 2.90. The molecule has 0 saturated carbocycles. The third-order valence-electron chi connectivity index (χ3n) is 3.05. The quantitative estimate of drug-likeness (QED) is 0.375. The average Bonchev–Trinajstić information content (AvgIpc) is 2.13. The van der Waals surface area contributed by atoms with Crippen molar-refractivity contribution in [3.8, 4) is 0 Å². The average molecular weight is 182 g/mol. The molecule has 0 spiro atoms. The number of hydrogen-bond donors (Lipinski definition) is 0. The molecule has 0 bridgehead atoms. The van der Waals surface area contributed by atoms with E-state index in [0.29, 0.717) is 12.6 Å². The predicted molar refractivity (Wildman–Crippen MR) is 53.4 cm³/mol. The van der Waals surface area contributed by atoms with E-state index < -0.39 is 0 Å². The number of azide groups is 1. The Labute approximate surface area is 79.5 Å². The van der Waals surface area contributed by atoms with Crippen molar-refractivity contribution in [1.29, 1.82) is 0 Å². The molecule has 0 radical (unpaired) electrons. The lowest BCUT2D eigenvalue weighted by molar-refractivity contribution is 0.118. The van der Waals surface area contributed by atoms with Gasteiger partial charge in [0.05, 0.1) is 0 Å². The Balaban J connectivity index is 2.34. The van der Waals surface area contributed by atoms with E-state index in [1.807, 2.05) is 0 Å². The van der Waals surface area contributed by atoms with Crippen LogP contribution in [0.4, 0.5) is 0 Å². The molecule has 0 N–H and O–H groups in total. The Morgan fingerprint density at radius 2 is 2.31 bits per heavy atom. The van der Waals surface area contributed by atoms with E-state index in [1.54, 1.807) is 0 Å². The van der Waals surface area contributed by atoms with Crippen molar-refractivity contribution >= 4 is 0 Å². The van der Waals surface area contributed by atoms with E-state index in [2.05, 4.69) is 28.8 Å². The maximum absolute atomic E-state index is 8.15. The highest BCUT2D eigenvalue weighted by molar-refractivity contribution is 4.78. The van der Waals surface area contributed by atoms with Crippen LogP contribution in [0.15, 0.2) is 5.11 Å². The topological polar surface area (TPSA) is 52.0 Å². The lowest BCUT2D eigenvalue weighted by Crippen LogP contribution is -2.43. The van der Waals surface area contributed by atoms with Gasteiger partial charge in [-0.05, 0) is 37.8 Å². The van der Waals surface area contributed by atoms with Gasteiger partial charge in [-0.15, -0.1) is 0 Å².